The van der Waals surface area contributed by atoms with E-state index in [9.17, 15) is 8.42 Å². The summed E-state index contributed by atoms with van der Waals surface area (Å²) >= 11 is 0. The number of aromatic nitrogens is 2. The highest BCUT2D eigenvalue weighted by Gasteiger charge is 2.10. The summed E-state index contributed by atoms with van der Waals surface area (Å²) in [5.41, 5.74) is 1.92. The number of ether oxygens (including phenoxy) is 1. The fourth-order valence-electron chi connectivity index (χ4n) is 2.80. The van der Waals surface area contributed by atoms with Crippen molar-refractivity contribution in [2.75, 3.05) is 31.3 Å². The van der Waals surface area contributed by atoms with Crippen molar-refractivity contribution < 1.29 is 18.3 Å². The van der Waals surface area contributed by atoms with Crippen molar-refractivity contribution in [3.63, 3.8) is 0 Å². The van der Waals surface area contributed by atoms with E-state index in [1.165, 1.54) is 6.26 Å². The lowest BCUT2D eigenvalue weighted by Crippen LogP contribution is -2.12. The highest BCUT2D eigenvalue weighted by atomic mass is 32.2. The molecule has 0 aliphatic carbocycles. The van der Waals surface area contributed by atoms with Crippen molar-refractivity contribution in [3.05, 3.63) is 48.5 Å². The molecule has 0 unspecified atom stereocenters. The molecule has 1 aromatic heterocycles. The SMILES string of the molecule is CS(=O)(=O)c1ccc(OCCCn2c(NCCO)nc3ccccc32)cc1. The second-order valence-corrected chi connectivity index (χ2v) is 8.19. The van der Waals surface area contributed by atoms with E-state index in [1.54, 1.807) is 24.3 Å². The van der Waals surface area contributed by atoms with Crippen LogP contribution in [0.2, 0.25) is 0 Å². The number of sulfone groups is 1. The molecule has 0 bridgehead atoms. The number of aliphatic hydroxyl groups excluding tert-OH is 1. The van der Waals surface area contributed by atoms with E-state index in [-0.39, 0.29) is 11.5 Å². The Hall–Kier alpha value is -2.58. The lowest BCUT2D eigenvalue weighted by atomic mass is 10.3. The van der Waals surface area contributed by atoms with Gasteiger partial charge in [0.2, 0.25) is 5.95 Å². The molecule has 0 radical (unpaired) electrons. The van der Waals surface area contributed by atoms with E-state index < -0.39 is 9.84 Å². The van der Waals surface area contributed by atoms with Crippen molar-refractivity contribution in [1.29, 1.82) is 0 Å². The third-order valence-corrected chi connectivity index (χ3v) is 5.22. The summed E-state index contributed by atoms with van der Waals surface area (Å²) in [5, 5.41) is 12.2. The molecule has 27 heavy (non-hydrogen) atoms. The molecule has 3 aromatic rings. The number of aryl methyl sites for hydroxylation is 1. The fourth-order valence-corrected chi connectivity index (χ4v) is 3.43. The van der Waals surface area contributed by atoms with Crippen LogP contribution in [0.4, 0.5) is 5.95 Å². The largest absolute Gasteiger partial charge is 0.494 e. The Labute approximate surface area is 158 Å². The van der Waals surface area contributed by atoms with Crippen LogP contribution in [0.5, 0.6) is 5.75 Å². The van der Waals surface area contributed by atoms with E-state index in [2.05, 4.69) is 14.9 Å². The van der Waals surface area contributed by atoms with Crippen molar-refractivity contribution in [3.8, 4) is 5.75 Å². The van der Waals surface area contributed by atoms with Gasteiger partial charge in [0.15, 0.2) is 9.84 Å². The van der Waals surface area contributed by atoms with E-state index in [4.69, 9.17) is 9.84 Å². The molecular weight excluding hydrogens is 366 g/mol. The molecule has 2 N–H and O–H groups in total. The predicted molar refractivity (Wildman–Crippen MR) is 105 cm³/mol. The van der Waals surface area contributed by atoms with Gasteiger partial charge in [-0.05, 0) is 42.8 Å². The first kappa shape index (κ1) is 19.2. The molecule has 0 amide bonds. The number of hydrogen-bond donors (Lipinski definition) is 2. The average Bonchev–Trinajstić information content (AvgIpc) is 3.01. The molecule has 1 heterocycles. The summed E-state index contributed by atoms with van der Waals surface area (Å²) < 4.78 is 30.7. The van der Waals surface area contributed by atoms with Gasteiger partial charge in [-0.2, -0.15) is 0 Å². The van der Waals surface area contributed by atoms with Crippen molar-refractivity contribution in [1.82, 2.24) is 9.55 Å². The predicted octanol–water partition coefficient (Wildman–Crippen LogP) is 2.31. The van der Waals surface area contributed by atoms with Gasteiger partial charge in [0.05, 0.1) is 29.1 Å². The maximum Gasteiger partial charge on any atom is 0.203 e. The summed E-state index contributed by atoms with van der Waals surface area (Å²) in [7, 11) is -3.20. The Morgan fingerprint density at radius 2 is 1.89 bits per heavy atom. The van der Waals surface area contributed by atoms with Gasteiger partial charge >= 0.3 is 0 Å². The number of aliphatic hydroxyl groups is 1. The summed E-state index contributed by atoms with van der Waals surface area (Å²) in [6.07, 6.45) is 1.93. The first-order chi connectivity index (χ1) is 13.0. The van der Waals surface area contributed by atoms with Crippen LogP contribution in [0.1, 0.15) is 6.42 Å². The van der Waals surface area contributed by atoms with Crippen molar-refractivity contribution in [2.45, 2.75) is 17.9 Å². The number of hydrogen-bond acceptors (Lipinski definition) is 6. The minimum atomic E-state index is -3.20. The molecular formula is C19H23N3O4S. The number of nitrogens with zero attached hydrogens (tertiary/aromatic N) is 2. The van der Waals surface area contributed by atoms with Gasteiger partial charge in [-0.3, -0.25) is 0 Å². The minimum absolute atomic E-state index is 0.0375. The van der Waals surface area contributed by atoms with Gasteiger partial charge in [0.25, 0.3) is 0 Å². The number of fused-ring (bicyclic) bond motifs is 1. The Morgan fingerprint density at radius 1 is 1.15 bits per heavy atom. The van der Waals surface area contributed by atoms with E-state index in [1.807, 2.05) is 24.3 Å². The summed E-state index contributed by atoms with van der Waals surface area (Å²) in [4.78, 5) is 4.84. The number of imidazole rings is 1. The molecule has 0 aliphatic rings. The van der Waals surface area contributed by atoms with Gasteiger partial charge < -0.3 is 19.7 Å². The van der Waals surface area contributed by atoms with Gasteiger partial charge in [-0.1, -0.05) is 12.1 Å². The number of nitrogens with one attached hydrogen (secondary N) is 1. The quantitative estimate of drug-likeness (QED) is 0.546. The molecule has 0 saturated heterocycles. The third-order valence-electron chi connectivity index (χ3n) is 4.10. The van der Waals surface area contributed by atoms with Gasteiger partial charge in [-0.15, -0.1) is 0 Å². The second-order valence-electron chi connectivity index (χ2n) is 6.17. The lowest BCUT2D eigenvalue weighted by Gasteiger charge is -2.11. The first-order valence-electron chi connectivity index (χ1n) is 8.72. The highest BCUT2D eigenvalue weighted by Crippen LogP contribution is 2.20. The van der Waals surface area contributed by atoms with Crippen molar-refractivity contribution in [2.24, 2.45) is 0 Å². The molecule has 0 aliphatic heterocycles. The topological polar surface area (TPSA) is 93.5 Å². The maximum absolute atomic E-state index is 11.5. The molecule has 3 rings (SSSR count). The maximum atomic E-state index is 11.5. The van der Waals surface area contributed by atoms with Crippen LogP contribution in [-0.2, 0) is 16.4 Å². The summed E-state index contributed by atoms with van der Waals surface area (Å²) in [6.45, 7) is 1.67. The van der Waals surface area contributed by atoms with Gasteiger partial charge in [-0.25, -0.2) is 13.4 Å². The van der Waals surface area contributed by atoms with E-state index >= 15 is 0 Å². The van der Waals surface area contributed by atoms with Gasteiger partial charge in [0, 0.05) is 19.3 Å². The minimum Gasteiger partial charge on any atom is -0.494 e. The van der Waals surface area contributed by atoms with Crippen LogP contribution < -0.4 is 10.1 Å². The molecule has 0 atom stereocenters. The first-order valence-corrected chi connectivity index (χ1v) is 10.6. The van der Waals surface area contributed by atoms with E-state index in [0.717, 1.165) is 23.4 Å². The number of anilines is 1. The normalized spacial score (nSPS) is 11.6. The van der Waals surface area contributed by atoms with Crippen LogP contribution in [0.25, 0.3) is 11.0 Å². The smallest absolute Gasteiger partial charge is 0.203 e. The molecule has 7 nitrogen and oxygen atoms in total. The molecule has 0 saturated carbocycles. The number of para-hydroxylation sites is 2. The molecule has 0 fully saturated rings. The monoisotopic (exact) mass is 389 g/mol. The Morgan fingerprint density at radius 3 is 2.59 bits per heavy atom. The van der Waals surface area contributed by atoms with Crippen LogP contribution >= 0.6 is 0 Å². The standard InChI is InChI=1S/C19H23N3O4S/c1-27(24,25)16-9-7-15(8-10-16)26-14-4-12-22-18-6-3-2-5-17(18)21-19(22)20-11-13-23/h2-3,5-10,23H,4,11-14H2,1H3,(H,20,21). The lowest BCUT2D eigenvalue weighted by molar-refractivity contribution is 0.302. The van der Waals surface area contributed by atoms with Crippen LogP contribution in [-0.4, -0.2) is 49.1 Å². The Kier molecular flexibility index (Phi) is 5.98. The fraction of sp³-hybridized carbons (Fsp3) is 0.316. The molecule has 8 heteroatoms. The van der Waals surface area contributed by atoms with Crippen molar-refractivity contribution >= 4 is 26.8 Å². The average molecular weight is 389 g/mol. The zero-order chi connectivity index (χ0) is 19.3. The summed E-state index contributed by atoms with van der Waals surface area (Å²) in [5.74, 6) is 1.36. The van der Waals surface area contributed by atoms with Crippen LogP contribution in [0.3, 0.4) is 0 Å². The number of rotatable bonds is 9. The Balaban J connectivity index is 1.61. The zero-order valence-electron chi connectivity index (χ0n) is 15.1. The Bertz CT molecular complexity index is 997. The molecule has 0 spiro atoms. The van der Waals surface area contributed by atoms with Crippen LogP contribution in [0.15, 0.2) is 53.4 Å². The second kappa shape index (κ2) is 8.41. The van der Waals surface area contributed by atoms with Crippen LogP contribution in [0, 0.1) is 0 Å². The highest BCUT2D eigenvalue weighted by molar-refractivity contribution is 7.90. The van der Waals surface area contributed by atoms with E-state index in [0.29, 0.717) is 25.4 Å². The summed E-state index contributed by atoms with van der Waals surface area (Å²) in [6, 6.07) is 14.3. The molecule has 144 valence electrons. The zero-order valence-corrected chi connectivity index (χ0v) is 15.9. The third kappa shape index (κ3) is 4.78. The molecule has 2 aromatic carbocycles. The number of benzene rings is 2. The van der Waals surface area contributed by atoms with Gasteiger partial charge in [0.1, 0.15) is 5.75 Å².